The Bertz CT molecular complexity index is 500. The number of ether oxygens (including phenoxy) is 3. The van der Waals surface area contributed by atoms with Crippen LogP contribution in [-0.2, 0) is 6.54 Å². The highest BCUT2D eigenvalue weighted by Crippen LogP contribution is 2.34. The lowest BCUT2D eigenvalue weighted by Gasteiger charge is -2.27. The van der Waals surface area contributed by atoms with Crippen LogP contribution >= 0.6 is 0 Å². The van der Waals surface area contributed by atoms with Crippen LogP contribution in [0, 0.1) is 0 Å². The molecule has 0 atom stereocenters. The van der Waals surface area contributed by atoms with E-state index in [1.165, 1.54) is 19.3 Å². The first-order chi connectivity index (χ1) is 10.7. The third-order valence-corrected chi connectivity index (χ3v) is 3.90. The van der Waals surface area contributed by atoms with Gasteiger partial charge in [0, 0.05) is 25.2 Å². The number of benzene rings is 1. The number of hydrogen-bond donors (Lipinski definition) is 1. The van der Waals surface area contributed by atoms with Gasteiger partial charge in [0.2, 0.25) is 0 Å². The van der Waals surface area contributed by atoms with E-state index in [4.69, 9.17) is 19.9 Å². The summed E-state index contributed by atoms with van der Waals surface area (Å²) < 4.78 is 16.1. The molecule has 1 aromatic rings. The molecule has 1 aromatic carbocycles. The molecule has 22 heavy (non-hydrogen) atoms. The lowest BCUT2D eigenvalue weighted by Crippen LogP contribution is -2.40. The predicted octanol–water partition coefficient (Wildman–Crippen LogP) is 2.01. The van der Waals surface area contributed by atoms with E-state index >= 15 is 0 Å². The van der Waals surface area contributed by atoms with Crippen molar-refractivity contribution in [2.45, 2.75) is 25.8 Å². The molecule has 0 amide bonds. The maximum atomic E-state index is 6.10. The third-order valence-electron chi connectivity index (χ3n) is 3.90. The summed E-state index contributed by atoms with van der Waals surface area (Å²) in [6, 6.07) is 3.65. The molecular weight excluding hydrogens is 282 g/mol. The fourth-order valence-electron chi connectivity index (χ4n) is 2.62. The van der Waals surface area contributed by atoms with Crippen LogP contribution < -0.4 is 19.9 Å². The van der Waals surface area contributed by atoms with E-state index in [1.54, 1.807) is 21.3 Å². The molecule has 2 N–H and O–H groups in total. The van der Waals surface area contributed by atoms with Gasteiger partial charge in [0.15, 0.2) is 5.96 Å². The van der Waals surface area contributed by atoms with Crippen LogP contribution in [0.3, 0.4) is 0 Å². The van der Waals surface area contributed by atoms with E-state index in [-0.39, 0.29) is 0 Å². The largest absolute Gasteiger partial charge is 0.496 e. The minimum Gasteiger partial charge on any atom is -0.496 e. The molecule has 0 unspecified atom stereocenters. The Kier molecular flexibility index (Phi) is 5.75. The minimum atomic E-state index is 0.415. The summed E-state index contributed by atoms with van der Waals surface area (Å²) in [5.41, 5.74) is 6.97. The van der Waals surface area contributed by atoms with Crippen molar-refractivity contribution in [2.24, 2.45) is 10.7 Å². The van der Waals surface area contributed by atoms with E-state index in [0.717, 1.165) is 18.7 Å². The Labute approximate surface area is 131 Å². The van der Waals surface area contributed by atoms with Gasteiger partial charge < -0.3 is 24.8 Å². The fraction of sp³-hybridized carbons (Fsp3) is 0.562. The van der Waals surface area contributed by atoms with Gasteiger partial charge in [0.25, 0.3) is 0 Å². The molecule has 0 aromatic heterocycles. The summed E-state index contributed by atoms with van der Waals surface area (Å²) in [6.45, 7) is 2.37. The van der Waals surface area contributed by atoms with Crippen molar-refractivity contribution in [3.8, 4) is 17.2 Å². The van der Waals surface area contributed by atoms with Crippen LogP contribution in [-0.4, -0.2) is 45.3 Å². The van der Waals surface area contributed by atoms with E-state index < -0.39 is 0 Å². The Morgan fingerprint density at radius 2 is 1.64 bits per heavy atom. The predicted molar refractivity (Wildman–Crippen MR) is 86.8 cm³/mol. The average Bonchev–Trinajstić information content (AvgIpc) is 2.59. The summed E-state index contributed by atoms with van der Waals surface area (Å²) in [5.74, 6) is 2.64. The minimum absolute atomic E-state index is 0.415. The van der Waals surface area contributed by atoms with Gasteiger partial charge in [0.1, 0.15) is 17.2 Å². The Morgan fingerprint density at radius 3 is 2.14 bits per heavy atom. The van der Waals surface area contributed by atoms with Gasteiger partial charge in [-0.25, -0.2) is 4.99 Å². The van der Waals surface area contributed by atoms with Crippen molar-refractivity contribution in [1.82, 2.24) is 4.90 Å². The molecule has 2 rings (SSSR count). The molecule has 122 valence electrons. The number of nitrogens with zero attached hydrogens (tertiary/aromatic N) is 2. The van der Waals surface area contributed by atoms with Crippen LogP contribution in [0.2, 0.25) is 0 Å². The first-order valence-corrected chi connectivity index (χ1v) is 7.53. The third kappa shape index (κ3) is 3.75. The highest BCUT2D eigenvalue weighted by Gasteiger charge is 2.15. The number of hydrogen-bond acceptors (Lipinski definition) is 4. The number of rotatable bonds is 5. The topological polar surface area (TPSA) is 69.3 Å². The zero-order chi connectivity index (χ0) is 15.9. The Balaban J connectivity index is 2.20. The molecule has 6 nitrogen and oxygen atoms in total. The molecule has 0 aliphatic carbocycles. The van der Waals surface area contributed by atoms with Crippen molar-refractivity contribution < 1.29 is 14.2 Å². The molecule has 0 spiro atoms. The standard InChI is InChI=1S/C16H25N3O3/c1-20-12-9-14(21-2)13(15(10-12)22-3)11-18-16(17)19-7-5-4-6-8-19/h9-10H,4-8,11H2,1-3H3,(H2,17,18). The first-order valence-electron chi connectivity index (χ1n) is 7.53. The number of aliphatic imine (C=N–C) groups is 1. The molecule has 1 fully saturated rings. The molecule has 0 radical (unpaired) electrons. The van der Waals surface area contributed by atoms with Crippen LogP contribution in [0.5, 0.6) is 17.2 Å². The second kappa shape index (κ2) is 7.77. The summed E-state index contributed by atoms with van der Waals surface area (Å²) >= 11 is 0. The Hall–Kier alpha value is -2.11. The monoisotopic (exact) mass is 307 g/mol. The lowest BCUT2D eigenvalue weighted by molar-refractivity contribution is 0.337. The molecule has 1 aliphatic rings. The highest BCUT2D eigenvalue weighted by molar-refractivity contribution is 5.78. The molecular formula is C16H25N3O3. The van der Waals surface area contributed by atoms with E-state index in [1.807, 2.05) is 12.1 Å². The Morgan fingerprint density at radius 1 is 1.05 bits per heavy atom. The van der Waals surface area contributed by atoms with Crippen molar-refractivity contribution in [3.63, 3.8) is 0 Å². The van der Waals surface area contributed by atoms with Crippen molar-refractivity contribution in [1.29, 1.82) is 0 Å². The van der Waals surface area contributed by atoms with Crippen molar-refractivity contribution in [3.05, 3.63) is 17.7 Å². The smallest absolute Gasteiger partial charge is 0.191 e. The number of likely N-dealkylation sites (tertiary alicyclic amines) is 1. The van der Waals surface area contributed by atoms with Gasteiger partial charge >= 0.3 is 0 Å². The van der Waals surface area contributed by atoms with Gasteiger partial charge in [-0.15, -0.1) is 0 Å². The van der Waals surface area contributed by atoms with E-state index in [9.17, 15) is 0 Å². The molecule has 1 saturated heterocycles. The quantitative estimate of drug-likeness (QED) is 0.665. The molecule has 1 aliphatic heterocycles. The summed E-state index contributed by atoms with van der Waals surface area (Å²) in [7, 11) is 4.85. The van der Waals surface area contributed by atoms with Crippen molar-refractivity contribution in [2.75, 3.05) is 34.4 Å². The summed E-state index contributed by atoms with van der Waals surface area (Å²) in [4.78, 5) is 6.64. The number of methoxy groups -OCH3 is 3. The van der Waals surface area contributed by atoms with Crippen molar-refractivity contribution >= 4 is 5.96 Å². The SMILES string of the molecule is COc1cc(OC)c(CN=C(N)N2CCCCC2)c(OC)c1. The fourth-order valence-corrected chi connectivity index (χ4v) is 2.62. The summed E-state index contributed by atoms with van der Waals surface area (Å²) in [6.07, 6.45) is 3.61. The van der Waals surface area contributed by atoms with Gasteiger partial charge in [-0.3, -0.25) is 0 Å². The van der Waals surface area contributed by atoms with E-state index in [2.05, 4.69) is 9.89 Å². The number of piperidine rings is 1. The van der Waals surface area contributed by atoms with Crippen LogP contribution in [0.15, 0.2) is 17.1 Å². The van der Waals surface area contributed by atoms with Crippen LogP contribution in [0.4, 0.5) is 0 Å². The molecule has 6 heteroatoms. The van der Waals surface area contributed by atoms with Crippen LogP contribution in [0.25, 0.3) is 0 Å². The number of nitrogens with two attached hydrogens (primary N) is 1. The molecule has 0 saturated carbocycles. The maximum Gasteiger partial charge on any atom is 0.191 e. The number of guanidine groups is 1. The normalized spacial score (nSPS) is 15.6. The summed E-state index contributed by atoms with van der Waals surface area (Å²) in [5, 5.41) is 0. The van der Waals surface area contributed by atoms with Gasteiger partial charge in [-0.1, -0.05) is 0 Å². The average molecular weight is 307 g/mol. The maximum absolute atomic E-state index is 6.10. The molecule has 0 bridgehead atoms. The highest BCUT2D eigenvalue weighted by atomic mass is 16.5. The first kappa shape index (κ1) is 16.3. The van der Waals surface area contributed by atoms with Crippen LogP contribution in [0.1, 0.15) is 24.8 Å². The van der Waals surface area contributed by atoms with Gasteiger partial charge in [-0.05, 0) is 19.3 Å². The zero-order valence-electron chi connectivity index (χ0n) is 13.6. The molecule has 1 heterocycles. The zero-order valence-corrected chi connectivity index (χ0v) is 13.6. The second-order valence-electron chi connectivity index (χ2n) is 5.23. The van der Waals surface area contributed by atoms with E-state index in [0.29, 0.717) is 29.8 Å². The van der Waals surface area contributed by atoms with Gasteiger partial charge in [-0.2, -0.15) is 0 Å². The van der Waals surface area contributed by atoms with Gasteiger partial charge in [0.05, 0.1) is 33.4 Å². The lowest BCUT2D eigenvalue weighted by atomic mass is 10.1. The second-order valence-corrected chi connectivity index (χ2v) is 5.23.